The molecule has 1 heterocycles. The van der Waals surface area contributed by atoms with E-state index in [9.17, 15) is 4.79 Å². The van der Waals surface area contributed by atoms with Crippen LogP contribution in [0.2, 0.25) is 5.02 Å². The zero-order chi connectivity index (χ0) is 14.0. The first-order valence-corrected chi connectivity index (χ1v) is 6.06. The Hall–Kier alpha value is -1.99. The molecule has 0 spiro atoms. The van der Waals surface area contributed by atoms with Gasteiger partial charge in [-0.3, -0.25) is 10.2 Å². The molecule has 1 aromatic carbocycles. The van der Waals surface area contributed by atoms with Gasteiger partial charge in [0, 0.05) is 5.02 Å². The largest absolute Gasteiger partial charge is 0.374 e. The molecule has 2 rings (SSSR count). The van der Waals surface area contributed by atoms with E-state index in [1.165, 1.54) is 0 Å². The fourth-order valence-electron chi connectivity index (χ4n) is 1.42. The smallest absolute Gasteiger partial charge is 0.303 e. The molecule has 0 aromatic heterocycles. The number of halogens is 1. The molecule has 1 aliphatic heterocycles. The van der Waals surface area contributed by atoms with Crippen LogP contribution in [0.5, 0.6) is 0 Å². The molecule has 1 amide bonds. The minimum atomic E-state index is -0.452. The molecule has 8 heteroatoms. The van der Waals surface area contributed by atoms with Gasteiger partial charge in [0.25, 0.3) is 0 Å². The summed E-state index contributed by atoms with van der Waals surface area (Å²) in [6.45, 7) is 1.65. The van der Waals surface area contributed by atoms with Crippen LogP contribution in [0.1, 0.15) is 6.92 Å². The third kappa shape index (κ3) is 2.88. The van der Waals surface area contributed by atoms with Crippen LogP contribution >= 0.6 is 23.8 Å². The number of carbonyl (C=O) groups excluding carboxylic acids is 1. The highest BCUT2D eigenvalue weighted by atomic mass is 35.5. The van der Waals surface area contributed by atoms with Crippen molar-refractivity contribution >= 4 is 51.9 Å². The van der Waals surface area contributed by atoms with Crippen LogP contribution < -0.4 is 11.2 Å². The summed E-state index contributed by atoms with van der Waals surface area (Å²) in [6, 6.07) is 6.90. The van der Waals surface area contributed by atoms with Crippen molar-refractivity contribution in [1.29, 1.82) is 0 Å². The van der Waals surface area contributed by atoms with Gasteiger partial charge in [0.15, 0.2) is 10.8 Å². The molecule has 1 aromatic rings. The van der Waals surface area contributed by atoms with Gasteiger partial charge in [-0.2, -0.15) is 15.2 Å². The Morgan fingerprint density at radius 2 is 2.11 bits per heavy atom. The highest BCUT2D eigenvalue weighted by Crippen LogP contribution is 2.14. The normalized spacial score (nSPS) is 16.7. The van der Waals surface area contributed by atoms with Crippen molar-refractivity contribution in [2.24, 2.45) is 15.9 Å². The Labute approximate surface area is 119 Å². The average Bonchev–Trinajstić information content (AvgIpc) is 2.65. The molecule has 19 heavy (non-hydrogen) atoms. The fourth-order valence-corrected chi connectivity index (χ4v) is 1.67. The van der Waals surface area contributed by atoms with Crippen molar-refractivity contribution in [3.8, 4) is 0 Å². The van der Waals surface area contributed by atoms with Crippen LogP contribution in [0.25, 0.3) is 0 Å². The van der Waals surface area contributed by atoms with Crippen LogP contribution in [0, 0.1) is 0 Å². The van der Waals surface area contributed by atoms with Gasteiger partial charge in [-0.25, -0.2) is 0 Å². The Morgan fingerprint density at radius 1 is 1.47 bits per heavy atom. The van der Waals surface area contributed by atoms with E-state index in [-0.39, 0.29) is 10.8 Å². The monoisotopic (exact) mass is 295 g/mol. The van der Waals surface area contributed by atoms with Crippen molar-refractivity contribution < 1.29 is 4.79 Å². The van der Waals surface area contributed by atoms with E-state index >= 15 is 0 Å². The van der Waals surface area contributed by atoms with E-state index in [1.54, 1.807) is 31.2 Å². The van der Waals surface area contributed by atoms with Crippen LogP contribution in [0.3, 0.4) is 0 Å². The van der Waals surface area contributed by atoms with Crippen molar-refractivity contribution in [2.45, 2.75) is 6.92 Å². The fraction of sp³-hybridized carbons (Fsp3) is 0.0909. The number of nitrogens with one attached hydrogen (secondary N) is 1. The van der Waals surface area contributed by atoms with E-state index in [1.807, 2.05) is 0 Å². The third-order valence-corrected chi connectivity index (χ3v) is 2.76. The molecule has 98 valence electrons. The third-order valence-electron chi connectivity index (χ3n) is 2.34. The summed E-state index contributed by atoms with van der Waals surface area (Å²) in [5.41, 5.74) is 9.44. The van der Waals surface area contributed by atoms with Crippen LogP contribution in [0.15, 0.2) is 34.5 Å². The number of amides is 1. The first-order chi connectivity index (χ1) is 8.99. The molecule has 0 saturated carbocycles. The number of anilines is 1. The minimum absolute atomic E-state index is 0.110. The second kappa shape index (κ2) is 5.33. The summed E-state index contributed by atoms with van der Waals surface area (Å²) in [7, 11) is 0. The molecule has 0 atom stereocenters. The Morgan fingerprint density at radius 3 is 2.63 bits per heavy atom. The molecule has 3 N–H and O–H groups in total. The highest BCUT2D eigenvalue weighted by Gasteiger charge is 2.31. The van der Waals surface area contributed by atoms with Crippen LogP contribution in [-0.4, -0.2) is 27.5 Å². The van der Waals surface area contributed by atoms with E-state index in [0.717, 1.165) is 5.01 Å². The van der Waals surface area contributed by atoms with Gasteiger partial charge < -0.3 is 5.73 Å². The summed E-state index contributed by atoms with van der Waals surface area (Å²) in [5.74, 6) is -0.452. The molecule has 6 nitrogen and oxygen atoms in total. The molecule has 0 fully saturated rings. The molecule has 0 unspecified atom stereocenters. The topological polar surface area (TPSA) is 83.1 Å². The lowest BCUT2D eigenvalue weighted by Gasteiger charge is -2.07. The maximum absolute atomic E-state index is 11.9. The number of rotatable bonds is 2. The first kappa shape index (κ1) is 13.4. The SMILES string of the molecule is CC1=NN(C(N)=S)C(=O)/C1=N/Nc1ccc(Cl)cc1. The van der Waals surface area contributed by atoms with Gasteiger partial charge in [0.2, 0.25) is 0 Å². The summed E-state index contributed by atoms with van der Waals surface area (Å²) in [5, 5.41) is 9.37. The van der Waals surface area contributed by atoms with Crippen LogP contribution in [-0.2, 0) is 4.79 Å². The predicted molar refractivity (Wildman–Crippen MR) is 79.3 cm³/mol. The molecule has 1 aliphatic rings. The number of hydrogen-bond donors (Lipinski definition) is 2. The summed E-state index contributed by atoms with van der Waals surface area (Å²) in [6.07, 6.45) is 0. The summed E-state index contributed by atoms with van der Waals surface area (Å²) < 4.78 is 0. The second-order valence-corrected chi connectivity index (χ2v) is 4.57. The van der Waals surface area contributed by atoms with Gasteiger partial charge >= 0.3 is 5.91 Å². The number of carbonyl (C=O) groups is 1. The number of hydrazone groups is 2. The van der Waals surface area contributed by atoms with E-state index in [2.05, 4.69) is 15.6 Å². The van der Waals surface area contributed by atoms with Crippen molar-refractivity contribution in [3.05, 3.63) is 29.3 Å². The lowest BCUT2D eigenvalue weighted by molar-refractivity contribution is -0.119. The first-order valence-electron chi connectivity index (χ1n) is 5.28. The number of nitrogens with two attached hydrogens (primary N) is 1. The summed E-state index contributed by atoms with van der Waals surface area (Å²) in [4.78, 5) is 11.9. The predicted octanol–water partition coefficient (Wildman–Crippen LogP) is 1.57. The maximum atomic E-state index is 11.9. The van der Waals surface area contributed by atoms with E-state index in [4.69, 9.17) is 29.6 Å². The lowest BCUT2D eigenvalue weighted by atomic mass is 10.2. The number of nitrogens with zero attached hydrogens (tertiary/aromatic N) is 3. The van der Waals surface area contributed by atoms with Gasteiger partial charge in [-0.05, 0) is 43.4 Å². The zero-order valence-electron chi connectivity index (χ0n) is 9.92. The Kier molecular flexibility index (Phi) is 3.77. The zero-order valence-corrected chi connectivity index (χ0v) is 11.5. The van der Waals surface area contributed by atoms with E-state index in [0.29, 0.717) is 16.4 Å². The Balaban J connectivity index is 2.16. The molecule has 0 bridgehead atoms. The van der Waals surface area contributed by atoms with Crippen molar-refractivity contribution in [3.63, 3.8) is 0 Å². The quantitative estimate of drug-likeness (QED) is 0.641. The Bertz CT molecular complexity index is 596. The standard InChI is InChI=1S/C11H10ClN5OS/c1-6-9(10(18)17(16-6)11(13)19)15-14-8-4-2-7(12)3-5-8/h2-5,14H,1H3,(H2,13,19)/b15-9+. The minimum Gasteiger partial charge on any atom is -0.374 e. The van der Waals surface area contributed by atoms with E-state index < -0.39 is 5.91 Å². The number of thiocarbonyl (C=S) groups is 1. The molecular weight excluding hydrogens is 286 g/mol. The molecule has 0 saturated heterocycles. The number of benzene rings is 1. The maximum Gasteiger partial charge on any atom is 0.303 e. The van der Waals surface area contributed by atoms with Crippen molar-refractivity contribution in [2.75, 3.05) is 5.43 Å². The second-order valence-electron chi connectivity index (χ2n) is 3.72. The lowest BCUT2D eigenvalue weighted by Crippen LogP contribution is -2.36. The highest BCUT2D eigenvalue weighted by molar-refractivity contribution is 7.80. The summed E-state index contributed by atoms with van der Waals surface area (Å²) >= 11 is 10.5. The number of hydrogen-bond acceptors (Lipinski definition) is 5. The van der Waals surface area contributed by atoms with Gasteiger partial charge in [-0.15, -0.1) is 0 Å². The van der Waals surface area contributed by atoms with Crippen LogP contribution in [0.4, 0.5) is 5.69 Å². The molecule has 0 aliphatic carbocycles. The van der Waals surface area contributed by atoms with Crippen molar-refractivity contribution in [1.82, 2.24) is 5.01 Å². The molecule has 0 radical (unpaired) electrons. The van der Waals surface area contributed by atoms with Gasteiger partial charge in [0.05, 0.1) is 11.4 Å². The van der Waals surface area contributed by atoms with Gasteiger partial charge in [0.1, 0.15) is 0 Å². The molecular formula is C11H10ClN5OS. The van der Waals surface area contributed by atoms with Gasteiger partial charge in [-0.1, -0.05) is 11.6 Å². The average molecular weight is 296 g/mol.